The van der Waals surface area contributed by atoms with Gasteiger partial charge >= 0.3 is 5.97 Å². The second kappa shape index (κ2) is 9.51. The molecule has 0 aliphatic rings. The first-order chi connectivity index (χ1) is 16.3. The molecule has 0 saturated heterocycles. The number of hydrogen-bond acceptors (Lipinski definition) is 6. The lowest BCUT2D eigenvalue weighted by Gasteiger charge is -2.08. The van der Waals surface area contributed by atoms with Gasteiger partial charge in [0, 0.05) is 29.3 Å². The Morgan fingerprint density at radius 2 is 1.85 bits per heavy atom. The SMILES string of the molecule is COC(=O)CCc1c(C)nn(-c2ccc(C(=O)Nc3ccc4oc(C(C)C)nc4c3)cc2)c1C. The third kappa shape index (κ3) is 4.71. The zero-order valence-corrected chi connectivity index (χ0v) is 20.0. The van der Waals surface area contributed by atoms with Crippen molar-refractivity contribution in [1.82, 2.24) is 14.8 Å². The molecule has 0 unspecified atom stereocenters. The molecule has 1 amide bonds. The van der Waals surface area contributed by atoms with Crippen molar-refractivity contribution in [2.75, 3.05) is 12.4 Å². The zero-order chi connectivity index (χ0) is 24.4. The minimum absolute atomic E-state index is 0.190. The molecule has 2 aromatic heterocycles. The van der Waals surface area contributed by atoms with E-state index < -0.39 is 0 Å². The van der Waals surface area contributed by atoms with E-state index in [-0.39, 0.29) is 17.8 Å². The summed E-state index contributed by atoms with van der Waals surface area (Å²) in [5.74, 6) is 0.400. The molecule has 2 aromatic carbocycles. The van der Waals surface area contributed by atoms with Crippen molar-refractivity contribution in [3.8, 4) is 5.69 Å². The topological polar surface area (TPSA) is 99.2 Å². The molecule has 176 valence electrons. The van der Waals surface area contributed by atoms with E-state index in [9.17, 15) is 9.59 Å². The number of oxazole rings is 1. The summed E-state index contributed by atoms with van der Waals surface area (Å²) < 4.78 is 12.3. The van der Waals surface area contributed by atoms with Crippen molar-refractivity contribution in [3.05, 3.63) is 70.9 Å². The smallest absolute Gasteiger partial charge is 0.305 e. The van der Waals surface area contributed by atoms with Crippen LogP contribution in [-0.4, -0.2) is 33.8 Å². The molecule has 1 N–H and O–H groups in total. The molecule has 0 aliphatic carbocycles. The highest BCUT2D eigenvalue weighted by molar-refractivity contribution is 6.05. The molecule has 2 heterocycles. The number of hydrogen-bond donors (Lipinski definition) is 1. The van der Waals surface area contributed by atoms with Gasteiger partial charge in [0.25, 0.3) is 5.91 Å². The van der Waals surface area contributed by atoms with Crippen molar-refractivity contribution in [1.29, 1.82) is 0 Å². The number of esters is 1. The van der Waals surface area contributed by atoms with E-state index in [1.807, 2.05) is 56.6 Å². The Balaban J connectivity index is 1.49. The maximum Gasteiger partial charge on any atom is 0.305 e. The van der Waals surface area contributed by atoms with Crippen molar-refractivity contribution >= 4 is 28.7 Å². The van der Waals surface area contributed by atoms with Gasteiger partial charge in [-0.25, -0.2) is 9.67 Å². The number of ether oxygens (including phenoxy) is 1. The summed E-state index contributed by atoms with van der Waals surface area (Å²) in [4.78, 5) is 28.8. The number of aryl methyl sites for hydroxylation is 1. The molecule has 0 bridgehead atoms. The molecule has 0 saturated carbocycles. The van der Waals surface area contributed by atoms with Gasteiger partial charge in [0.05, 0.1) is 18.5 Å². The van der Waals surface area contributed by atoms with Crippen LogP contribution in [0.15, 0.2) is 46.9 Å². The third-order valence-corrected chi connectivity index (χ3v) is 5.78. The highest BCUT2D eigenvalue weighted by Crippen LogP contribution is 2.24. The standard InChI is InChI=1S/C26H28N4O4/c1-15(2)26-28-22-14-19(8-12-23(22)34-26)27-25(32)18-6-9-20(10-7-18)30-17(4)21(16(3)29-30)11-13-24(31)33-5/h6-10,12,14-15H,11,13H2,1-5H3,(H,27,32). The summed E-state index contributed by atoms with van der Waals surface area (Å²) in [7, 11) is 1.39. The molecule has 8 nitrogen and oxygen atoms in total. The lowest BCUT2D eigenvalue weighted by molar-refractivity contribution is -0.140. The number of aromatic nitrogens is 3. The van der Waals surface area contributed by atoms with E-state index in [2.05, 4.69) is 15.4 Å². The largest absolute Gasteiger partial charge is 0.469 e. The second-order valence-corrected chi connectivity index (χ2v) is 8.53. The Kier molecular flexibility index (Phi) is 6.49. The van der Waals surface area contributed by atoms with Crippen molar-refractivity contribution in [2.45, 2.75) is 46.5 Å². The predicted octanol–water partition coefficient (Wildman–Crippen LogP) is 5.11. The minimum Gasteiger partial charge on any atom is -0.469 e. The van der Waals surface area contributed by atoms with Gasteiger partial charge in [-0.3, -0.25) is 9.59 Å². The summed E-state index contributed by atoms with van der Waals surface area (Å²) in [6.45, 7) is 7.93. The number of benzene rings is 2. The van der Waals surface area contributed by atoms with E-state index in [4.69, 9.17) is 9.15 Å². The Morgan fingerprint density at radius 1 is 1.12 bits per heavy atom. The van der Waals surface area contributed by atoms with Crippen LogP contribution in [-0.2, 0) is 16.0 Å². The van der Waals surface area contributed by atoms with Crippen LogP contribution in [0.25, 0.3) is 16.8 Å². The van der Waals surface area contributed by atoms with E-state index >= 15 is 0 Å². The van der Waals surface area contributed by atoms with Crippen molar-refractivity contribution < 1.29 is 18.7 Å². The first-order valence-electron chi connectivity index (χ1n) is 11.2. The number of rotatable bonds is 7. The van der Waals surface area contributed by atoms with Gasteiger partial charge in [0.15, 0.2) is 11.5 Å². The fraction of sp³-hybridized carbons (Fsp3) is 0.308. The fourth-order valence-corrected chi connectivity index (χ4v) is 3.84. The van der Waals surface area contributed by atoms with Crippen LogP contribution in [0.2, 0.25) is 0 Å². The number of amides is 1. The second-order valence-electron chi connectivity index (χ2n) is 8.53. The molecule has 0 radical (unpaired) electrons. The molecule has 0 spiro atoms. The lowest BCUT2D eigenvalue weighted by Crippen LogP contribution is -2.12. The van der Waals surface area contributed by atoms with Crippen LogP contribution in [0.5, 0.6) is 0 Å². The average Bonchev–Trinajstić information content (AvgIpc) is 3.38. The molecule has 4 rings (SSSR count). The molecule has 0 atom stereocenters. The fourth-order valence-electron chi connectivity index (χ4n) is 3.84. The summed E-state index contributed by atoms with van der Waals surface area (Å²) >= 11 is 0. The molecule has 4 aromatic rings. The number of anilines is 1. The van der Waals surface area contributed by atoms with E-state index in [0.29, 0.717) is 41.1 Å². The van der Waals surface area contributed by atoms with Crippen LogP contribution in [0.4, 0.5) is 5.69 Å². The number of carbonyl (C=O) groups is 2. The van der Waals surface area contributed by atoms with Crippen LogP contribution in [0.1, 0.15) is 59.4 Å². The van der Waals surface area contributed by atoms with Crippen molar-refractivity contribution in [3.63, 3.8) is 0 Å². The van der Waals surface area contributed by atoms with Gasteiger partial charge in [-0.05, 0) is 68.3 Å². The normalized spacial score (nSPS) is 11.2. The van der Waals surface area contributed by atoms with E-state index in [1.54, 1.807) is 18.2 Å². The van der Waals surface area contributed by atoms with Gasteiger partial charge in [-0.2, -0.15) is 5.10 Å². The number of carbonyl (C=O) groups excluding carboxylic acids is 2. The maximum atomic E-state index is 12.8. The van der Waals surface area contributed by atoms with Gasteiger partial charge in [-0.15, -0.1) is 0 Å². The number of nitrogens with one attached hydrogen (secondary N) is 1. The van der Waals surface area contributed by atoms with E-state index in [1.165, 1.54) is 7.11 Å². The third-order valence-electron chi connectivity index (χ3n) is 5.78. The summed E-state index contributed by atoms with van der Waals surface area (Å²) in [5.41, 5.74) is 6.28. The Morgan fingerprint density at radius 3 is 2.53 bits per heavy atom. The summed E-state index contributed by atoms with van der Waals surface area (Å²) in [6.07, 6.45) is 0.876. The highest BCUT2D eigenvalue weighted by atomic mass is 16.5. The Hall–Kier alpha value is -3.94. The average molecular weight is 461 g/mol. The quantitative estimate of drug-likeness (QED) is 0.385. The van der Waals surface area contributed by atoms with Gasteiger partial charge < -0.3 is 14.5 Å². The highest BCUT2D eigenvalue weighted by Gasteiger charge is 2.16. The maximum absolute atomic E-state index is 12.8. The molecule has 0 fully saturated rings. The van der Waals surface area contributed by atoms with Crippen LogP contribution in [0.3, 0.4) is 0 Å². The first-order valence-corrected chi connectivity index (χ1v) is 11.2. The van der Waals surface area contributed by atoms with Crippen LogP contribution in [0, 0.1) is 13.8 Å². The number of fused-ring (bicyclic) bond motifs is 1. The predicted molar refractivity (Wildman–Crippen MR) is 129 cm³/mol. The molecule has 34 heavy (non-hydrogen) atoms. The molecular formula is C26H28N4O4. The molecular weight excluding hydrogens is 432 g/mol. The van der Waals surface area contributed by atoms with Gasteiger partial charge in [0.1, 0.15) is 5.52 Å². The van der Waals surface area contributed by atoms with Gasteiger partial charge in [-0.1, -0.05) is 13.8 Å². The van der Waals surface area contributed by atoms with Gasteiger partial charge in [0.2, 0.25) is 0 Å². The molecule has 8 heteroatoms. The summed E-state index contributed by atoms with van der Waals surface area (Å²) in [5, 5.41) is 7.54. The minimum atomic E-state index is -0.245. The number of nitrogens with zero attached hydrogens (tertiary/aromatic N) is 3. The van der Waals surface area contributed by atoms with Crippen LogP contribution >= 0.6 is 0 Å². The zero-order valence-electron chi connectivity index (χ0n) is 20.0. The Bertz CT molecular complexity index is 1350. The van der Waals surface area contributed by atoms with Crippen molar-refractivity contribution in [2.24, 2.45) is 0 Å². The summed E-state index contributed by atoms with van der Waals surface area (Å²) in [6, 6.07) is 12.7. The molecule has 0 aliphatic heterocycles. The Labute approximate surface area is 197 Å². The van der Waals surface area contributed by atoms with Crippen LogP contribution < -0.4 is 5.32 Å². The van der Waals surface area contributed by atoms with E-state index in [0.717, 1.165) is 22.6 Å². The first kappa shape index (κ1) is 23.2. The lowest BCUT2D eigenvalue weighted by atomic mass is 10.1. The monoisotopic (exact) mass is 460 g/mol. The number of methoxy groups -OCH3 is 1.